The maximum atomic E-state index is 11.1. The van der Waals surface area contributed by atoms with Gasteiger partial charge in [0.25, 0.3) is 0 Å². The van der Waals surface area contributed by atoms with E-state index in [0.717, 1.165) is 33.8 Å². The van der Waals surface area contributed by atoms with E-state index in [1.54, 1.807) is 23.9 Å². The molecule has 0 saturated heterocycles. The van der Waals surface area contributed by atoms with Gasteiger partial charge in [0, 0.05) is 22.3 Å². The van der Waals surface area contributed by atoms with Crippen molar-refractivity contribution in [3.63, 3.8) is 0 Å². The molecule has 27 heavy (non-hydrogen) atoms. The van der Waals surface area contributed by atoms with E-state index in [1.807, 2.05) is 30.3 Å². The third kappa shape index (κ3) is 3.81. The van der Waals surface area contributed by atoms with E-state index in [1.165, 1.54) is 5.56 Å². The van der Waals surface area contributed by atoms with Gasteiger partial charge in [0.1, 0.15) is 0 Å². The lowest BCUT2D eigenvalue weighted by Crippen LogP contribution is -2.06. The van der Waals surface area contributed by atoms with Crippen LogP contribution in [0, 0.1) is 6.92 Å². The predicted octanol–water partition coefficient (Wildman–Crippen LogP) is 6.05. The Morgan fingerprint density at radius 3 is 2.41 bits per heavy atom. The summed E-state index contributed by atoms with van der Waals surface area (Å²) in [5.74, 6) is -0.901. The molecular formula is C23H19NO2S. The zero-order valence-electron chi connectivity index (χ0n) is 14.9. The second-order valence-corrected chi connectivity index (χ2v) is 7.87. The lowest BCUT2D eigenvalue weighted by molar-refractivity contribution is 0.0697. The number of rotatable bonds is 3. The average Bonchev–Trinajstić information content (AvgIpc) is 2.88. The molecule has 0 bridgehead atoms. The van der Waals surface area contributed by atoms with Gasteiger partial charge < -0.3 is 5.11 Å². The first kappa shape index (κ1) is 17.6. The number of nitrogens with zero attached hydrogens (tertiary/aromatic N) is 1. The van der Waals surface area contributed by atoms with E-state index >= 15 is 0 Å². The van der Waals surface area contributed by atoms with Crippen LogP contribution in [0.3, 0.4) is 0 Å². The summed E-state index contributed by atoms with van der Waals surface area (Å²) in [7, 11) is 0. The fourth-order valence-corrected chi connectivity index (χ4v) is 4.40. The van der Waals surface area contributed by atoms with Crippen molar-refractivity contribution in [2.75, 3.05) is 0 Å². The summed E-state index contributed by atoms with van der Waals surface area (Å²) in [6.45, 7) is 2.08. The third-order valence-electron chi connectivity index (χ3n) is 4.68. The maximum absolute atomic E-state index is 11.1. The smallest absolute Gasteiger partial charge is 0.335 e. The molecular weight excluding hydrogens is 354 g/mol. The number of thioether (sulfide) groups is 1. The molecule has 1 aliphatic heterocycles. The van der Waals surface area contributed by atoms with Gasteiger partial charge in [-0.3, -0.25) is 4.99 Å². The third-order valence-corrected chi connectivity index (χ3v) is 6.01. The summed E-state index contributed by atoms with van der Waals surface area (Å²) in [6.07, 6.45) is 0.787. The van der Waals surface area contributed by atoms with Crippen LogP contribution in [0.25, 0.3) is 0 Å². The highest BCUT2D eigenvalue weighted by atomic mass is 32.2. The second kappa shape index (κ2) is 7.41. The highest BCUT2D eigenvalue weighted by Crippen LogP contribution is 2.45. The quantitative estimate of drug-likeness (QED) is 0.608. The second-order valence-electron chi connectivity index (χ2n) is 6.63. The average molecular weight is 373 g/mol. The van der Waals surface area contributed by atoms with Gasteiger partial charge in [0.05, 0.1) is 11.3 Å². The van der Waals surface area contributed by atoms with E-state index < -0.39 is 5.97 Å². The number of aliphatic imine (C=N–C) groups is 1. The van der Waals surface area contributed by atoms with Crippen molar-refractivity contribution in [3.8, 4) is 0 Å². The highest BCUT2D eigenvalue weighted by Gasteiger charge is 2.22. The minimum absolute atomic E-state index is 0.177. The minimum atomic E-state index is -0.901. The van der Waals surface area contributed by atoms with Crippen LogP contribution < -0.4 is 0 Å². The zero-order valence-corrected chi connectivity index (χ0v) is 15.7. The van der Waals surface area contributed by atoms with Gasteiger partial charge in [-0.25, -0.2) is 4.79 Å². The molecule has 3 nitrogen and oxygen atoms in total. The Kier molecular flexibility index (Phi) is 4.82. The van der Waals surface area contributed by atoms with Crippen molar-refractivity contribution >= 4 is 29.1 Å². The number of benzene rings is 3. The molecule has 0 spiro atoms. The minimum Gasteiger partial charge on any atom is -0.478 e. The maximum Gasteiger partial charge on any atom is 0.335 e. The van der Waals surface area contributed by atoms with Crippen LogP contribution in [-0.2, 0) is 0 Å². The lowest BCUT2D eigenvalue weighted by atomic mass is 9.99. The molecule has 0 saturated carbocycles. The number of fused-ring (bicyclic) bond motifs is 1. The Morgan fingerprint density at radius 1 is 1.00 bits per heavy atom. The first-order valence-electron chi connectivity index (χ1n) is 8.84. The summed E-state index contributed by atoms with van der Waals surface area (Å²) in [6, 6.07) is 23.8. The predicted molar refractivity (Wildman–Crippen MR) is 110 cm³/mol. The van der Waals surface area contributed by atoms with E-state index in [0.29, 0.717) is 5.56 Å². The Bertz CT molecular complexity index is 1010. The van der Waals surface area contributed by atoms with Gasteiger partial charge >= 0.3 is 5.97 Å². The van der Waals surface area contributed by atoms with Crippen molar-refractivity contribution in [1.29, 1.82) is 0 Å². The molecule has 134 valence electrons. The Hall–Kier alpha value is -2.85. The lowest BCUT2D eigenvalue weighted by Gasteiger charge is -2.16. The zero-order chi connectivity index (χ0) is 18.8. The Balaban J connectivity index is 1.75. The van der Waals surface area contributed by atoms with Crippen molar-refractivity contribution in [3.05, 3.63) is 95.1 Å². The fraction of sp³-hybridized carbons (Fsp3) is 0.130. The molecule has 1 heterocycles. The van der Waals surface area contributed by atoms with Crippen LogP contribution in [0.2, 0.25) is 0 Å². The van der Waals surface area contributed by atoms with Crippen LogP contribution in [0.5, 0.6) is 0 Å². The van der Waals surface area contributed by atoms with Gasteiger partial charge in [0.2, 0.25) is 0 Å². The van der Waals surface area contributed by atoms with E-state index in [4.69, 9.17) is 10.1 Å². The van der Waals surface area contributed by atoms with Crippen molar-refractivity contribution in [1.82, 2.24) is 0 Å². The summed E-state index contributed by atoms with van der Waals surface area (Å²) in [4.78, 5) is 17.3. The summed E-state index contributed by atoms with van der Waals surface area (Å²) in [5, 5.41) is 9.33. The van der Waals surface area contributed by atoms with E-state index in [2.05, 4.69) is 37.3 Å². The van der Waals surface area contributed by atoms with Gasteiger partial charge in [-0.1, -0.05) is 54.1 Å². The molecule has 0 radical (unpaired) electrons. The number of aromatic carboxylic acids is 1. The topological polar surface area (TPSA) is 49.7 Å². The highest BCUT2D eigenvalue weighted by molar-refractivity contribution is 7.99. The van der Waals surface area contributed by atoms with Crippen LogP contribution in [0.4, 0.5) is 5.69 Å². The molecule has 0 aliphatic carbocycles. The van der Waals surface area contributed by atoms with Crippen molar-refractivity contribution < 1.29 is 9.90 Å². The number of aryl methyl sites for hydroxylation is 1. The number of para-hydroxylation sites is 1. The number of carbonyl (C=O) groups is 1. The molecule has 1 atom stereocenters. The standard InChI is InChI=1S/C23H19NO2S/c1-15-6-8-16(9-7-15)20-14-22(17-10-12-18(13-11-17)23(25)26)27-21-5-3-2-4-19(21)24-20/h2-13,22H,14H2,1H3,(H,25,26). The van der Waals surface area contributed by atoms with Crippen molar-refractivity contribution in [2.45, 2.75) is 23.5 Å². The van der Waals surface area contributed by atoms with Crippen LogP contribution in [0.15, 0.2) is 82.7 Å². The Morgan fingerprint density at radius 2 is 1.70 bits per heavy atom. The monoisotopic (exact) mass is 373 g/mol. The molecule has 3 aromatic carbocycles. The molecule has 1 unspecified atom stereocenters. The molecule has 0 amide bonds. The van der Waals surface area contributed by atoms with Crippen LogP contribution >= 0.6 is 11.8 Å². The summed E-state index contributed by atoms with van der Waals surface area (Å²) >= 11 is 1.78. The van der Waals surface area contributed by atoms with Gasteiger partial charge in [-0.15, -0.1) is 11.8 Å². The van der Waals surface area contributed by atoms with E-state index in [-0.39, 0.29) is 5.25 Å². The number of carboxylic acids is 1. The molecule has 0 fully saturated rings. The molecule has 3 aromatic rings. The molecule has 4 heteroatoms. The number of hydrogen-bond donors (Lipinski definition) is 1. The summed E-state index contributed by atoms with van der Waals surface area (Å²) < 4.78 is 0. The fourth-order valence-electron chi connectivity index (χ4n) is 3.17. The normalized spacial score (nSPS) is 16.2. The van der Waals surface area contributed by atoms with Crippen LogP contribution in [-0.4, -0.2) is 16.8 Å². The van der Waals surface area contributed by atoms with E-state index in [9.17, 15) is 4.79 Å². The molecule has 1 aliphatic rings. The summed E-state index contributed by atoms with van der Waals surface area (Å²) in [5.41, 5.74) is 5.82. The molecule has 4 rings (SSSR count). The van der Waals surface area contributed by atoms with Crippen LogP contribution in [0.1, 0.15) is 38.7 Å². The van der Waals surface area contributed by atoms with Gasteiger partial charge in [-0.05, 0) is 42.3 Å². The van der Waals surface area contributed by atoms with Gasteiger partial charge in [0.15, 0.2) is 0 Å². The first-order valence-corrected chi connectivity index (χ1v) is 9.71. The Labute approximate surface area is 162 Å². The molecule has 1 N–H and O–H groups in total. The SMILES string of the molecule is Cc1ccc(C2=Nc3ccccc3SC(c3ccc(C(=O)O)cc3)C2)cc1. The van der Waals surface area contributed by atoms with Gasteiger partial charge in [-0.2, -0.15) is 0 Å². The number of carboxylic acid groups (broad SMARTS) is 1. The largest absolute Gasteiger partial charge is 0.478 e. The molecule has 0 aromatic heterocycles. The number of hydrogen-bond acceptors (Lipinski definition) is 3. The van der Waals surface area contributed by atoms with Crippen molar-refractivity contribution in [2.24, 2.45) is 4.99 Å². The first-order chi connectivity index (χ1) is 13.1.